The predicted octanol–water partition coefficient (Wildman–Crippen LogP) is 2.66. The molecule has 1 atom stereocenters. The third kappa shape index (κ3) is 4.91. The molecule has 1 heterocycles. The Morgan fingerprint density at radius 3 is 2.42 bits per heavy atom. The normalized spacial score (nSPS) is 15.5. The molecule has 0 amide bonds. The fourth-order valence-electron chi connectivity index (χ4n) is 1.76. The Kier molecular flexibility index (Phi) is 5.50. The van der Waals surface area contributed by atoms with Gasteiger partial charge in [0.2, 0.25) is 11.7 Å². The summed E-state index contributed by atoms with van der Waals surface area (Å²) in [4.78, 5) is 4.45. The average Bonchev–Trinajstić information content (AvgIpc) is 2.77. The van der Waals surface area contributed by atoms with Gasteiger partial charge in [-0.15, -0.1) is 0 Å². The Bertz CT molecular complexity index is 384. The molecule has 19 heavy (non-hydrogen) atoms. The van der Waals surface area contributed by atoms with Gasteiger partial charge in [0.15, 0.2) is 0 Å². The molecule has 110 valence electrons. The summed E-state index contributed by atoms with van der Waals surface area (Å²) >= 11 is 0. The van der Waals surface area contributed by atoms with E-state index in [0.717, 1.165) is 19.4 Å². The Morgan fingerprint density at radius 2 is 1.89 bits per heavy atom. The lowest BCUT2D eigenvalue weighted by Gasteiger charge is -2.23. The first-order valence-corrected chi connectivity index (χ1v) is 7.03. The molecule has 0 radical (unpaired) electrons. The van der Waals surface area contributed by atoms with E-state index in [9.17, 15) is 0 Å². The lowest BCUT2D eigenvalue weighted by atomic mass is 10.0. The maximum absolute atomic E-state index is 5.74. The Labute approximate surface area is 116 Å². The molecule has 0 aliphatic heterocycles. The molecule has 0 saturated carbocycles. The second-order valence-corrected chi connectivity index (χ2v) is 5.96. The van der Waals surface area contributed by atoms with Gasteiger partial charge in [-0.1, -0.05) is 12.1 Å². The number of hydrogen-bond acceptors (Lipinski definition) is 5. The molecule has 0 aliphatic carbocycles. The van der Waals surface area contributed by atoms with E-state index in [1.807, 2.05) is 13.8 Å². The quantitative estimate of drug-likeness (QED) is 0.824. The standard InChI is InChI=1S/C14H27N3O2/c1-7-14(6,18-8-2)12-16-11(19-17-12)9-10-15-13(3,4)5/h15H,7-10H2,1-6H3. The summed E-state index contributed by atoms with van der Waals surface area (Å²) in [6.07, 6.45) is 1.55. The average molecular weight is 269 g/mol. The monoisotopic (exact) mass is 269 g/mol. The van der Waals surface area contributed by atoms with Gasteiger partial charge in [0.25, 0.3) is 0 Å². The molecule has 1 N–H and O–H groups in total. The van der Waals surface area contributed by atoms with Crippen molar-refractivity contribution >= 4 is 0 Å². The highest BCUT2D eigenvalue weighted by Gasteiger charge is 2.30. The van der Waals surface area contributed by atoms with E-state index in [4.69, 9.17) is 9.26 Å². The molecule has 1 unspecified atom stereocenters. The minimum absolute atomic E-state index is 0.103. The molecule has 0 aliphatic rings. The van der Waals surface area contributed by atoms with Gasteiger partial charge in [-0.3, -0.25) is 0 Å². The summed E-state index contributed by atoms with van der Waals surface area (Å²) in [7, 11) is 0. The number of nitrogens with zero attached hydrogens (tertiary/aromatic N) is 2. The summed E-state index contributed by atoms with van der Waals surface area (Å²) in [5, 5.41) is 7.45. The first kappa shape index (κ1) is 16.1. The Balaban J connectivity index is 2.61. The minimum atomic E-state index is -0.450. The van der Waals surface area contributed by atoms with E-state index in [0.29, 0.717) is 18.3 Å². The molecule has 0 aromatic carbocycles. The maximum atomic E-state index is 5.74. The lowest BCUT2D eigenvalue weighted by Crippen LogP contribution is -2.37. The molecule has 1 rings (SSSR count). The fraction of sp³-hybridized carbons (Fsp3) is 0.857. The molecule has 5 heteroatoms. The van der Waals surface area contributed by atoms with Crippen LogP contribution in [0.2, 0.25) is 0 Å². The third-order valence-electron chi connectivity index (χ3n) is 3.07. The Morgan fingerprint density at radius 1 is 1.21 bits per heavy atom. The van der Waals surface area contributed by atoms with Gasteiger partial charge in [-0.2, -0.15) is 4.98 Å². The topological polar surface area (TPSA) is 60.2 Å². The van der Waals surface area contributed by atoms with E-state index in [-0.39, 0.29) is 5.54 Å². The van der Waals surface area contributed by atoms with Crippen LogP contribution >= 0.6 is 0 Å². The zero-order chi connectivity index (χ0) is 14.5. The van der Waals surface area contributed by atoms with Gasteiger partial charge in [0.05, 0.1) is 0 Å². The summed E-state index contributed by atoms with van der Waals surface area (Å²) in [6, 6.07) is 0. The Hall–Kier alpha value is -0.940. The first-order valence-electron chi connectivity index (χ1n) is 7.03. The van der Waals surface area contributed by atoms with Gasteiger partial charge in [-0.25, -0.2) is 0 Å². The summed E-state index contributed by atoms with van der Waals surface area (Å²) in [5.41, 5.74) is -0.347. The molecule has 1 aromatic rings. The summed E-state index contributed by atoms with van der Waals surface area (Å²) in [5.74, 6) is 1.30. The molecule has 0 spiro atoms. The van der Waals surface area contributed by atoms with Crippen LogP contribution < -0.4 is 5.32 Å². The number of aromatic nitrogens is 2. The molecule has 0 bridgehead atoms. The smallest absolute Gasteiger partial charge is 0.228 e. The second kappa shape index (κ2) is 6.48. The van der Waals surface area contributed by atoms with Crippen LogP contribution in [0.5, 0.6) is 0 Å². The van der Waals surface area contributed by atoms with Crippen LogP contribution in [0.25, 0.3) is 0 Å². The predicted molar refractivity (Wildman–Crippen MR) is 75.0 cm³/mol. The van der Waals surface area contributed by atoms with E-state index in [1.165, 1.54) is 0 Å². The SMILES string of the molecule is CCOC(C)(CC)c1noc(CCNC(C)(C)C)n1. The zero-order valence-electron chi connectivity index (χ0n) is 13.0. The molecule has 1 aromatic heterocycles. The number of rotatable bonds is 7. The molecular formula is C14H27N3O2. The number of hydrogen-bond donors (Lipinski definition) is 1. The zero-order valence-corrected chi connectivity index (χ0v) is 13.0. The van der Waals surface area contributed by atoms with Gasteiger partial charge < -0.3 is 14.6 Å². The van der Waals surface area contributed by atoms with Crippen LogP contribution in [0.3, 0.4) is 0 Å². The van der Waals surface area contributed by atoms with Crippen molar-refractivity contribution in [2.75, 3.05) is 13.2 Å². The van der Waals surface area contributed by atoms with Crippen LogP contribution in [0.4, 0.5) is 0 Å². The van der Waals surface area contributed by atoms with Crippen molar-refractivity contribution in [3.05, 3.63) is 11.7 Å². The highest BCUT2D eigenvalue weighted by Crippen LogP contribution is 2.26. The van der Waals surface area contributed by atoms with Crippen molar-refractivity contribution in [1.29, 1.82) is 0 Å². The molecule has 5 nitrogen and oxygen atoms in total. The lowest BCUT2D eigenvalue weighted by molar-refractivity contribution is -0.0403. The van der Waals surface area contributed by atoms with Crippen LogP contribution in [0.15, 0.2) is 4.52 Å². The van der Waals surface area contributed by atoms with Crippen molar-refractivity contribution in [3.8, 4) is 0 Å². The minimum Gasteiger partial charge on any atom is -0.367 e. The van der Waals surface area contributed by atoms with Crippen molar-refractivity contribution in [1.82, 2.24) is 15.5 Å². The second-order valence-electron chi connectivity index (χ2n) is 5.96. The summed E-state index contributed by atoms with van der Waals surface area (Å²) < 4.78 is 11.0. The number of nitrogens with one attached hydrogen (secondary N) is 1. The van der Waals surface area contributed by atoms with Crippen molar-refractivity contribution in [2.24, 2.45) is 0 Å². The first-order chi connectivity index (χ1) is 8.80. The molecule has 0 saturated heterocycles. The highest BCUT2D eigenvalue weighted by molar-refractivity contribution is 4.99. The highest BCUT2D eigenvalue weighted by atomic mass is 16.5. The van der Waals surface area contributed by atoms with E-state index in [1.54, 1.807) is 0 Å². The van der Waals surface area contributed by atoms with Gasteiger partial charge >= 0.3 is 0 Å². The van der Waals surface area contributed by atoms with E-state index < -0.39 is 5.60 Å². The van der Waals surface area contributed by atoms with Gasteiger partial charge in [-0.05, 0) is 41.0 Å². The molecule has 0 fully saturated rings. The number of ether oxygens (including phenoxy) is 1. The van der Waals surface area contributed by atoms with Crippen LogP contribution in [-0.4, -0.2) is 28.8 Å². The van der Waals surface area contributed by atoms with E-state index in [2.05, 4.69) is 43.2 Å². The maximum Gasteiger partial charge on any atom is 0.228 e. The fourth-order valence-corrected chi connectivity index (χ4v) is 1.76. The van der Waals surface area contributed by atoms with Crippen LogP contribution in [0, 0.1) is 0 Å². The van der Waals surface area contributed by atoms with Crippen molar-refractivity contribution in [2.45, 2.75) is 65.5 Å². The molecular weight excluding hydrogens is 242 g/mol. The largest absolute Gasteiger partial charge is 0.367 e. The van der Waals surface area contributed by atoms with Crippen molar-refractivity contribution in [3.63, 3.8) is 0 Å². The third-order valence-corrected chi connectivity index (χ3v) is 3.07. The van der Waals surface area contributed by atoms with Crippen LogP contribution in [-0.2, 0) is 16.8 Å². The van der Waals surface area contributed by atoms with E-state index >= 15 is 0 Å². The van der Waals surface area contributed by atoms with Gasteiger partial charge in [0.1, 0.15) is 5.60 Å². The van der Waals surface area contributed by atoms with Crippen molar-refractivity contribution < 1.29 is 9.26 Å². The summed E-state index contributed by atoms with van der Waals surface area (Å²) in [6.45, 7) is 13.9. The van der Waals surface area contributed by atoms with Gasteiger partial charge in [0, 0.05) is 25.1 Å². The van der Waals surface area contributed by atoms with Crippen LogP contribution in [0.1, 0.15) is 59.7 Å².